The molecule has 88 valence electrons. The molecule has 2 aliphatic rings. The van der Waals surface area contributed by atoms with Crippen LogP contribution in [-0.4, -0.2) is 12.2 Å². The fourth-order valence-corrected chi connectivity index (χ4v) is 3.22. The maximum atomic E-state index is 12.6. The van der Waals surface area contributed by atoms with Crippen LogP contribution in [0.4, 0.5) is 13.2 Å². The SMILES string of the molecule is NC1CCC2CC(C(F)(F)F)CCC2C1. The zero-order valence-electron chi connectivity index (χ0n) is 8.76. The number of nitrogens with two attached hydrogens (primary N) is 1. The third kappa shape index (κ3) is 2.47. The van der Waals surface area contributed by atoms with Gasteiger partial charge in [-0.3, -0.25) is 0 Å². The van der Waals surface area contributed by atoms with Gasteiger partial charge in [-0.2, -0.15) is 13.2 Å². The lowest BCUT2D eigenvalue weighted by atomic mass is 9.66. The van der Waals surface area contributed by atoms with Gasteiger partial charge in [0.15, 0.2) is 0 Å². The second-order valence-corrected chi connectivity index (χ2v) is 5.14. The molecule has 2 fully saturated rings. The molecule has 2 saturated carbocycles. The highest BCUT2D eigenvalue weighted by molar-refractivity contribution is 4.89. The molecular weight excluding hydrogens is 203 g/mol. The van der Waals surface area contributed by atoms with E-state index in [1.165, 1.54) is 0 Å². The summed E-state index contributed by atoms with van der Waals surface area (Å²) in [6, 6.07) is 0.230. The Balaban J connectivity index is 1.95. The van der Waals surface area contributed by atoms with Crippen LogP contribution in [0.5, 0.6) is 0 Å². The normalized spacial score (nSPS) is 42.4. The zero-order valence-corrected chi connectivity index (χ0v) is 8.76. The van der Waals surface area contributed by atoms with Crippen LogP contribution in [0, 0.1) is 17.8 Å². The fourth-order valence-electron chi connectivity index (χ4n) is 3.22. The van der Waals surface area contributed by atoms with Gasteiger partial charge >= 0.3 is 6.18 Å². The van der Waals surface area contributed by atoms with E-state index in [1.54, 1.807) is 0 Å². The van der Waals surface area contributed by atoms with Crippen molar-refractivity contribution < 1.29 is 13.2 Å². The number of hydrogen-bond acceptors (Lipinski definition) is 1. The van der Waals surface area contributed by atoms with E-state index in [2.05, 4.69) is 0 Å². The van der Waals surface area contributed by atoms with Crippen LogP contribution in [0.25, 0.3) is 0 Å². The summed E-state index contributed by atoms with van der Waals surface area (Å²) in [6.07, 6.45) is 0.157. The van der Waals surface area contributed by atoms with Gasteiger partial charge in [-0.05, 0) is 50.4 Å². The molecule has 2 N–H and O–H groups in total. The molecule has 4 unspecified atom stereocenters. The molecule has 0 aromatic rings. The molecule has 0 bridgehead atoms. The van der Waals surface area contributed by atoms with E-state index < -0.39 is 12.1 Å². The minimum atomic E-state index is -3.98. The molecule has 0 spiro atoms. The number of fused-ring (bicyclic) bond motifs is 1. The lowest BCUT2D eigenvalue weighted by Crippen LogP contribution is -2.39. The predicted molar refractivity (Wildman–Crippen MR) is 52.2 cm³/mol. The van der Waals surface area contributed by atoms with E-state index in [0.717, 1.165) is 25.7 Å². The predicted octanol–water partition coefficient (Wildman–Crippen LogP) is 3.09. The summed E-state index contributed by atoms with van der Waals surface area (Å²) in [5, 5.41) is 0. The average Bonchev–Trinajstić information content (AvgIpc) is 2.15. The van der Waals surface area contributed by atoms with Crippen molar-refractivity contribution in [1.29, 1.82) is 0 Å². The summed E-state index contributed by atoms with van der Waals surface area (Å²) in [5.74, 6) is -0.300. The molecule has 0 saturated heterocycles. The Morgan fingerprint density at radius 1 is 0.867 bits per heavy atom. The van der Waals surface area contributed by atoms with E-state index >= 15 is 0 Å². The molecule has 0 radical (unpaired) electrons. The van der Waals surface area contributed by atoms with Crippen LogP contribution in [0.15, 0.2) is 0 Å². The lowest BCUT2D eigenvalue weighted by molar-refractivity contribution is -0.190. The molecule has 4 heteroatoms. The maximum absolute atomic E-state index is 12.6. The van der Waals surface area contributed by atoms with E-state index in [4.69, 9.17) is 5.73 Å². The standard InChI is InChI=1S/C11H18F3N/c12-11(13,14)9-3-1-8-6-10(15)4-2-7(8)5-9/h7-10H,1-6,15H2. The molecule has 15 heavy (non-hydrogen) atoms. The topological polar surface area (TPSA) is 26.0 Å². The monoisotopic (exact) mass is 221 g/mol. The van der Waals surface area contributed by atoms with Gasteiger partial charge in [-0.25, -0.2) is 0 Å². The van der Waals surface area contributed by atoms with Gasteiger partial charge in [0.25, 0.3) is 0 Å². The van der Waals surface area contributed by atoms with Gasteiger partial charge in [0, 0.05) is 6.04 Å². The summed E-state index contributed by atoms with van der Waals surface area (Å²) in [5.41, 5.74) is 5.84. The van der Waals surface area contributed by atoms with Crippen LogP contribution in [0.2, 0.25) is 0 Å². The largest absolute Gasteiger partial charge is 0.391 e. The smallest absolute Gasteiger partial charge is 0.328 e. The Morgan fingerprint density at radius 2 is 1.47 bits per heavy atom. The summed E-state index contributed by atoms with van der Waals surface area (Å²) >= 11 is 0. The molecular formula is C11H18F3N. The summed E-state index contributed by atoms with van der Waals surface area (Å²) in [7, 11) is 0. The Hall–Kier alpha value is -0.250. The molecule has 0 heterocycles. The first kappa shape index (κ1) is 11.2. The van der Waals surface area contributed by atoms with Gasteiger partial charge in [0.2, 0.25) is 0 Å². The zero-order chi connectivity index (χ0) is 11.1. The molecule has 2 rings (SSSR count). The maximum Gasteiger partial charge on any atom is 0.391 e. The number of alkyl halides is 3. The first-order valence-electron chi connectivity index (χ1n) is 5.79. The fraction of sp³-hybridized carbons (Fsp3) is 1.00. The molecule has 2 aliphatic carbocycles. The lowest BCUT2D eigenvalue weighted by Gasteiger charge is -2.41. The highest BCUT2D eigenvalue weighted by atomic mass is 19.4. The Kier molecular flexibility index (Phi) is 2.97. The first-order valence-corrected chi connectivity index (χ1v) is 5.79. The van der Waals surface area contributed by atoms with Crippen molar-refractivity contribution in [3.63, 3.8) is 0 Å². The number of hydrogen-bond donors (Lipinski definition) is 1. The Morgan fingerprint density at radius 3 is 2.13 bits per heavy atom. The summed E-state index contributed by atoms with van der Waals surface area (Å²) < 4.78 is 37.7. The number of rotatable bonds is 0. The molecule has 0 aromatic carbocycles. The van der Waals surface area contributed by atoms with Crippen molar-refractivity contribution in [2.45, 2.75) is 50.7 Å². The summed E-state index contributed by atoms with van der Waals surface area (Å²) in [4.78, 5) is 0. The van der Waals surface area contributed by atoms with Crippen molar-refractivity contribution in [2.24, 2.45) is 23.5 Å². The van der Waals surface area contributed by atoms with Crippen LogP contribution < -0.4 is 5.73 Å². The quantitative estimate of drug-likeness (QED) is 0.668. The van der Waals surface area contributed by atoms with E-state index in [1.807, 2.05) is 0 Å². The van der Waals surface area contributed by atoms with Gasteiger partial charge in [-0.15, -0.1) is 0 Å². The molecule has 0 amide bonds. The molecule has 4 atom stereocenters. The van der Waals surface area contributed by atoms with E-state index in [0.29, 0.717) is 18.8 Å². The third-order valence-electron chi connectivity index (χ3n) is 4.12. The molecule has 0 aromatic heterocycles. The second-order valence-electron chi connectivity index (χ2n) is 5.14. The van der Waals surface area contributed by atoms with Crippen molar-refractivity contribution >= 4 is 0 Å². The van der Waals surface area contributed by atoms with Gasteiger partial charge in [0.05, 0.1) is 5.92 Å². The second kappa shape index (κ2) is 3.96. The van der Waals surface area contributed by atoms with Crippen LogP contribution in [-0.2, 0) is 0 Å². The van der Waals surface area contributed by atoms with Crippen molar-refractivity contribution in [3.05, 3.63) is 0 Å². The van der Waals surface area contributed by atoms with Crippen LogP contribution in [0.3, 0.4) is 0 Å². The van der Waals surface area contributed by atoms with Crippen LogP contribution in [0.1, 0.15) is 38.5 Å². The number of halogens is 3. The first-order chi connectivity index (χ1) is 6.97. The molecule has 1 nitrogen and oxygen atoms in total. The summed E-state index contributed by atoms with van der Waals surface area (Å²) in [6.45, 7) is 0. The Labute approximate surface area is 88.2 Å². The Bertz CT molecular complexity index is 226. The minimum Gasteiger partial charge on any atom is -0.328 e. The average molecular weight is 221 g/mol. The highest BCUT2D eigenvalue weighted by Gasteiger charge is 2.45. The minimum absolute atomic E-state index is 0.230. The third-order valence-corrected chi connectivity index (χ3v) is 4.12. The van der Waals surface area contributed by atoms with Crippen molar-refractivity contribution in [1.82, 2.24) is 0 Å². The van der Waals surface area contributed by atoms with Crippen molar-refractivity contribution in [2.75, 3.05) is 0 Å². The van der Waals surface area contributed by atoms with Gasteiger partial charge < -0.3 is 5.73 Å². The van der Waals surface area contributed by atoms with Gasteiger partial charge in [-0.1, -0.05) is 0 Å². The molecule has 0 aliphatic heterocycles. The van der Waals surface area contributed by atoms with Gasteiger partial charge in [0.1, 0.15) is 0 Å². The highest BCUT2D eigenvalue weighted by Crippen LogP contribution is 2.47. The van der Waals surface area contributed by atoms with Crippen LogP contribution >= 0.6 is 0 Å². The van der Waals surface area contributed by atoms with Crippen molar-refractivity contribution in [3.8, 4) is 0 Å². The van der Waals surface area contributed by atoms with E-state index in [9.17, 15) is 13.2 Å². The van der Waals surface area contributed by atoms with E-state index in [-0.39, 0.29) is 12.0 Å².